The zero-order valence-electron chi connectivity index (χ0n) is 16.6. The summed E-state index contributed by atoms with van der Waals surface area (Å²) in [6.07, 6.45) is 1.38. The van der Waals surface area contributed by atoms with Crippen molar-refractivity contribution in [3.8, 4) is 11.1 Å². The molecule has 3 unspecified atom stereocenters. The molecule has 0 bridgehead atoms. The molecule has 160 valence electrons. The fourth-order valence-corrected chi connectivity index (χ4v) is 4.75. The van der Waals surface area contributed by atoms with E-state index in [1.54, 1.807) is 24.0 Å². The second-order valence-corrected chi connectivity index (χ2v) is 9.95. The van der Waals surface area contributed by atoms with E-state index in [-0.39, 0.29) is 41.6 Å². The molecule has 1 aliphatic heterocycles. The molecule has 5 nitrogen and oxygen atoms in total. The SMILES string of the molecule is CCS(=O)(=O)NCC1CCN1C(=O)C1CC1c1ccccc1-c1c(F)cccc1F. The van der Waals surface area contributed by atoms with Crippen LogP contribution in [0.25, 0.3) is 11.1 Å². The van der Waals surface area contributed by atoms with E-state index in [0.29, 0.717) is 18.5 Å². The van der Waals surface area contributed by atoms with E-state index in [1.807, 2.05) is 12.1 Å². The number of carbonyl (C=O) groups is 1. The molecule has 8 heteroatoms. The van der Waals surface area contributed by atoms with Crippen molar-refractivity contribution in [1.29, 1.82) is 0 Å². The highest BCUT2D eigenvalue weighted by Gasteiger charge is 2.49. The van der Waals surface area contributed by atoms with E-state index in [0.717, 1.165) is 12.0 Å². The lowest BCUT2D eigenvalue weighted by Crippen LogP contribution is -2.56. The summed E-state index contributed by atoms with van der Waals surface area (Å²) in [4.78, 5) is 14.7. The first kappa shape index (κ1) is 20.9. The zero-order chi connectivity index (χ0) is 21.5. The normalized spacial score (nSPS) is 23.2. The van der Waals surface area contributed by atoms with Crippen molar-refractivity contribution in [3.63, 3.8) is 0 Å². The Bertz CT molecular complexity index is 1050. The molecule has 3 atom stereocenters. The van der Waals surface area contributed by atoms with Crippen LogP contribution in [0.3, 0.4) is 0 Å². The summed E-state index contributed by atoms with van der Waals surface area (Å²) in [5.41, 5.74) is 1.18. The van der Waals surface area contributed by atoms with E-state index in [2.05, 4.69) is 4.72 Å². The largest absolute Gasteiger partial charge is 0.338 e. The molecule has 4 rings (SSSR count). The molecular formula is C22H24F2N2O3S. The molecule has 0 spiro atoms. The molecule has 1 N–H and O–H groups in total. The van der Waals surface area contributed by atoms with Crippen LogP contribution in [0.15, 0.2) is 42.5 Å². The highest BCUT2D eigenvalue weighted by molar-refractivity contribution is 7.89. The van der Waals surface area contributed by atoms with Crippen molar-refractivity contribution in [2.24, 2.45) is 5.92 Å². The van der Waals surface area contributed by atoms with Crippen LogP contribution in [0.5, 0.6) is 0 Å². The van der Waals surface area contributed by atoms with Gasteiger partial charge in [-0.2, -0.15) is 0 Å². The number of carbonyl (C=O) groups excluding carboxylic acids is 1. The molecule has 2 aromatic rings. The maximum absolute atomic E-state index is 14.3. The third-order valence-corrected chi connectivity index (χ3v) is 7.41. The van der Waals surface area contributed by atoms with Crippen molar-refractivity contribution in [3.05, 3.63) is 59.7 Å². The minimum absolute atomic E-state index is 0.00174. The standard InChI is InChI=1S/C22H24F2N2O3S/c1-2-30(28,29)25-13-14-10-11-26(14)22(27)18-12-17(18)15-6-3-4-7-16(15)21-19(23)8-5-9-20(21)24/h3-9,14,17-18,25H,2,10-13H2,1H3. The van der Waals surface area contributed by atoms with E-state index < -0.39 is 21.7 Å². The number of nitrogens with one attached hydrogen (secondary N) is 1. The van der Waals surface area contributed by atoms with Crippen molar-refractivity contribution in [2.75, 3.05) is 18.8 Å². The van der Waals surface area contributed by atoms with Gasteiger partial charge in [0.2, 0.25) is 15.9 Å². The lowest BCUT2D eigenvalue weighted by molar-refractivity contribution is -0.140. The van der Waals surface area contributed by atoms with Gasteiger partial charge in [0.15, 0.2) is 0 Å². The predicted molar refractivity (Wildman–Crippen MR) is 110 cm³/mol. The number of likely N-dealkylation sites (tertiary alicyclic amines) is 1. The molecule has 0 aromatic heterocycles. The Hall–Kier alpha value is -2.32. The fraction of sp³-hybridized carbons (Fsp3) is 0.409. The highest BCUT2D eigenvalue weighted by Crippen LogP contribution is 2.52. The minimum atomic E-state index is -3.30. The van der Waals surface area contributed by atoms with E-state index in [1.165, 1.54) is 18.2 Å². The summed E-state index contributed by atoms with van der Waals surface area (Å²) in [6.45, 7) is 2.39. The van der Waals surface area contributed by atoms with Crippen molar-refractivity contribution < 1.29 is 22.0 Å². The Balaban J connectivity index is 1.49. The van der Waals surface area contributed by atoms with Crippen molar-refractivity contribution in [2.45, 2.75) is 31.7 Å². The van der Waals surface area contributed by atoms with Crippen LogP contribution in [-0.4, -0.2) is 44.1 Å². The van der Waals surface area contributed by atoms with Crippen LogP contribution in [0.1, 0.15) is 31.2 Å². The summed E-state index contributed by atoms with van der Waals surface area (Å²) in [6, 6.07) is 10.7. The molecule has 0 radical (unpaired) electrons. The molecule has 1 aliphatic carbocycles. The summed E-state index contributed by atoms with van der Waals surface area (Å²) in [5, 5.41) is 0. The van der Waals surface area contributed by atoms with Gasteiger partial charge in [-0.05, 0) is 48.9 Å². The first-order valence-electron chi connectivity index (χ1n) is 10.1. The smallest absolute Gasteiger partial charge is 0.226 e. The van der Waals surface area contributed by atoms with E-state index in [9.17, 15) is 22.0 Å². The average Bonchev–Trinajstić information content (AvgIpc) is 3.48. The van der Waals surface area contributed by atoms with Gasteiger partial charge < -0.3 is 4.90 Å². The van der Waals surface area contributed by atoms with Crippen molar-refractivity contribution >= 4 is 15.9 Å². The first-order chi connectivity index (χ1) is 14.3. The molecule has 1 heterocycles. The van der Waals surface area contributed by atoms with Crippen LogP contribution in [0.2, 0.25) is 0 Å². The topological polar surface area (TPSA) is 66.5 Å². The maximum Gasteiger partial charge on any atom is 0.226 e. The van der Waals surface area contributed by atoms with Gasteiger partial charge in [0.1, 0.15) is 11.6 Å². The minimum Gasteiger partial charge on any atom is -0.338 e. The maximum atomic E-state index is 14.3. The van der Waals surface area contributed by atoms with Gasteiger partial charge in [-0.1, -0.05) is 30.3 Å². The summed E-state index contributed by atoms with van der Waals surface area (Å²) >= 11 is 0. The van der Waals surface area contributed by atoms with Gasteiger partial charge in [-0.3, -0.25) is 4.79 Å². The summed E-state index contributed by atoms with van der Waals surface area (Å²) in [5.74, 6) is -1.61. The number of rotatable bonds is 7. The van der Waals surface area contributed by atoms with E-state index in [4.69, 9.17) is 0 Å². The zero-order valence-corrected chi connectivity index (χ0v) is 17.5. The second-order valence-electron chi connectivity index (χ2n) is 7.86. The van der Waals surface area contributed by atoms with Gasteiger partial charge in [0.25, 0.3) is 0 Å². The molecule has 2 aromatic carbocycles. The fourth-order valence-electron chi connectivity index (χ4n) is 4.10. The number of amides is 1. The number of sulfonamides is 1. The van der Waals surface area contributed by atoms with E-state index >= 15 is 0 Å². The van der Waals surface area contributed by atoms with Crippen LogP contribution >= 0.6 is 0 Å². The summed E-state index contributed by atoms with van der Waals surface area (Å²) < 4.78 is 54.5. The third-order valence-electron chi connectivity index (χ3n) is 6.05. The quantitative estimate of drug-likeness (QED) is 0.727. The Morgan fingerprint density at radius 1 is 1.13 bits per heavy atom. The Labute approximate surface area is 175 Å². The first-order valence-corrected chi connectivity index (χ1v) is 11.8. The van der Waals surface area contributed by atoms with Crippen LogP contribution in [-0.2, 0) is 14.8 Å². The molecule has 30 heavy (non-hydrogen) atoms. The predicted octanol–water partition coefficient (Wildman–Crippen LogP) is 3.28. The number of benzene rings is 2. The molecule has 1 saturated heterocycles. The van der Waals surface area contributed by atoms with Crippen LogP contribution in [0.4, 0.5) is 8.78 Å². The number of nitrogens with zero attached hydrogens (tertiary/aromatic N) is 1. The van der Waals surface area contributed by atoms with Gasteiger partial charge in [-0.25, -0.2) is 21.9 Å². The number of hydrogen-bond donors (Lipinski definition) is 1. The van der Waals surface area contributed by atoms with Crippen molar-refractivity contribution in [1.82, 2.24) is 9.62 Å². The summed E-state index contributed by atoms with van der Waals surface area (Å²) in [7, 11) is -3.30. The van der Waals surface area contributed by atoms with Crippen LogP contribution in [0, 0.1) is 17.6 Å². The molecular weight excluding hydrogens is 410 g/mol. The van der Waals surface area contributed by atoms with Gasteiger partial charge in [0.05, 0.1) is 11.3 Å². The Morgan fingerprint density at radius 3 is 2.47 bits per heavy atom. The van der Waals surface area contributed by atoms with Gasteiger partial charge >= 0.3 is 0 Å². The Kier molecular flexibility index (Phi) is 5.63. The molecule has 1 saturated carbocycles. The highest BCUT2D eigenvalue weighted by atomic mass is 32.2. The van der Waals surface area contributed by atoms with Gasteiger partial charge in [-0.15, -0.1) is 0 Å². The third kappa shape index (κ3) is 3.98. The Morgan fingerprint density at radius 2 is 1.83 bits per heavy atom. The molecule has 2 fully saturated rings. The van der Waals surface area contributed by atoms with Crippen LogP contribution < -0.4 is 4.72 Å². The number of halogens is 2. The monoisotopic (exact) mass is 434 g/mol. The average molecular weight is 435 g/mol. The molecule has 2 aliphatic rings. The second kappa shape index (κ2) is 8.07. The lowest BCUT2D eigenvalue weighted by Gasteiger charge is -2.41. The molecule has 1 amide bonds. The number of hydrogen-bond acceptors (Lipinski definition) is 3. The lowest BCUT2D eigenvalue weighted by atomic mass is 9.94. The van der Waals surface area contributed by atoms with Gasteiger partial charge in [0, 0.05) is 25.0 Å².